The third-order valence-corrected chi connectivity index (χ3v) is 2.81. The second-order valence-electron chi connectivity index (χ2n) is 4.47. The minimum absolute atomic E-state index is 0.0927. The normalized spacial score (nSPS) is 10.8. The summed E-state index contributed by atoms with van der Waals surface area (Å²) in [5, 5.41) is 0. The molecule has 0 unspecified atom stereocenters. The van der Waals surface area contributed by atoms with E-state index in [4.69, 9.17) is 4.74 Å². The first-order valence-corrected chi connectivity index (χ1v) is 6.04. The molecule has 0 aliphatic rings. The third-order valence-electron chi connectivity index (χ3n) is 2.81. The molecule has 100 valence electrons. The van der Waals surface area contributed by atoms with Crippen molar-refractivity contribution in [3.63, 3.8) is 0 Å². The van der Waals surface area contributed by atoms with E-state index in [1.165, 1.54) is 13.0 Å². The molecule has 0 bridgehead atoms. The number of ether oxygens (including phenoxy) is 1. The molecule has 0 spiro atoms. The first-order valence-electron chi connectivity index (χ1n) is 6.04. The van der Waals surface area contributed by atoms with Gasteiger partial charge in [-0.15, -0.1) is 0 Å². The number of carbonyl (C=O) groups is 1. The minimum Gasteiger partial charge on any atom is -0.383 e. The standard InChI is InChI=1S/C14H20FNO2/c1-10(2)16(8-9-18-4)14-12(11(3)17)6-5-7-13(14)15/h5-7,10H,8-9H2,1-4H3. The Labute approximate surface area is 108 Å². The van der Waals surface area contributed by atoms with E-state index in [9.17, 15) is 9.18 Å². The quantitative estimate of drug-likeness (QED) is 0.730. The molecule has 0 aliphatic heterocycles. The molecule has 1 aromatic carbocycles. The van der Waals surface area contributed by atoms with E-state index in [1.54, 1.807) is 19.2 Å². The van der Waals surface area contributed by atoms with Crippen LogP contribution < -0.4 is 4.90 Å². The van der Waals surface area contributed by atoms with Crippen molar-refractivity contribution in [2.24, 2.45) is 0 Å². The van der Waals surface area contributed by atoms with E-state index in [-0.39, 0.29) is 17.6 Å². The van der Waals surface area contributed by atoms with Crippen LogP contribution in [0.4, 0.5) is 10.1 Å². The monoisotopic (exact) mass is 253 g/mol. The van der Waals surface area contributed by atoms with Crippen molar-refractivity contribution in [3.8, 4) is 0 Å². The highest BCUT2D eigenvalue weighted by Gasteiger charge is 2.20. The number of ketones is 1. The number of hydrogen-bond acceptors (Lipinski definition) is 3. The molecule has 1 aromatic rings. The van der Waals surface area contributed by atoms with Crippen LogP contribution in [0.1, 0.15) is 31.1 Å². The van der Waals surface area contributed by atoms with Gasteiger partial charge < -0.3 is 9.64 Å². The lowest BCUT2D eigenvalue weighted by Gasteiger charge is -2.30. The molecule has 1 rings (SSSR count). The van der Waals surface area contributed by atoms with Gasteiger partial charge in [0.1, 0.15) is 5.82 Å². The van der Waals surface area contributed by atoms with E-state index in [0.717, 1.165) is 0 Å². The zero-order valence-corrected chi connectivity index (χ0v) is 11.4. The van der Waals surface area contributed by atoms with E-state index < -0.39 is 0 Å². The van der Waals surface area contributed by atoms with Gasteiger partial charge in [-0.3, -0.25) is 4.79 Å². The summed E-state index contributed by atoms with van der Waals surface area (Å²) in [5.74, 6) is -0.500. The smallest absolute Gasteiger partial charge is 0.161 e. The summed E-state index contributed by atoms with van der Waals surface area (Å²) in [6, 6.07) is 4.69. The van der Waals surface area contributed by atoms with Crippen molar-refractivity contribution < 1.29 is 13.9 Å². The summed E-state index contributed by atoms with van der Waals surface area (Å²) in [6.45, 7) is 6.42. The predicted octanol–water partition coefficient (Wildman–Crippen LogP) is 2.89. The maximum atomic E-state index is 14.0. The summed E-state index contributed by atoms with van der Waals surface area (Å²) in [4.78, 5) is 13.5. The largest absolute Gasteiger partial charge is 0.383 e. The Morgan fingerprint density at radius 3 is 2.61 bits per heavy atom. The second-order valence-corrected chi connectivity index (χ2v) is 4.47. The maximum Gasteiger partial charge on any atom is 0.161 e. The highest BCUT2D eigenvalue weighted by molar-refractivity contribution is 5.99. The summed E-state index contributed by atoms with van der Waals surface area (Å²) in [7, 11) is 1.60. The van der Waals surface area contributed by atoms with Crippen LogP contribution in [-0.2, 0) is 4.74 Å². The number of carbonyl (C=O) groups excluding carboxylic acids is 1. The summed E-state index contributed by atoms with van der Waals surface area (Å²) in [5.41, 5.74) is 0.789. The molecule has 4 heteroatoms. The van der Waals surface area contributed by atoms with Gasteiger partial charge in [-0.05, 0) is 32.9 Å². The molecule has 0 atom stereocenters. The van der Waals surface area contributed by atoms with Crippen molar-refractivity contribution >= 4 is 11.5 Å². The number of halogens is 1. The van der Waals surface area contributed by atoms with Crippen LogP contribution in [0.5, 0.6) is 0 Å². The number of para-hydroxylation sites is 1. The van der Waals surface area contributed by atoms with Gasteiger partial charge in [0.25, 0.3) is 0 Å². The van der Waals surface area contributed by atoms with Crippen LogP contribution in [0.3, 0.4) is 0 Å². The topological polar surface area (TPSA) is 29.5 Å². The molecular formula is C14H20FNO2. The van der Waals surface area contributed by atoms with Gasteiger partial charge in [-0.1, -0.05) is 6.07 Å². The lowest BCUT2D eigenvalue weighted by atomic mass is 10.1. The van der Waals surface area contributed by atoms with Gasteiger partial charge in [-0.25, -0.2) is 4.39 Å². The van der Waals surface area contributed by atoms with Gasteiger partial charge >= 0.3 is 0 Å². The highest BCUT2D eigenvalue weighted by atomic mass is 19.1. The Morgan fingerprint density at radius 2 is 2.11 bits per heavy atom. The summed E-state index contributed by atoms with van der Waals surface area (Å²) < 4.78 is 19.0. The van der Waals surface area contributed by atoms with Crippen molar-refractivity contribution in [3.05, 3.63) is 29.6 Å². The molecular weight excluding hydrogens is 233 g/mol. The Morgan fingerprint density at radius 1 is 1.44 bits per heavy atom. The van der Waals surface area contributed by atoms with Gasteiger partial charge in [0.05, 0.1) is 12.3 Å². The minimum atomic E-state index is -0.368. The number of rotatable bonds is 6. The molecule has 0 saturated heterocycles. The number of methoxy groups -OCH3 is 1. The molecule has 0 N–H and O–H groups in total. The van der Waals surface area contributed by atoms with Crippen molar-refractivity contribution in [2.45, 2.75) is 26.8 Å². The van der Waals surface area contributed by atoms with Crippen LogP contribution in [0, 0.1) is 5.82 Å². The Bertz CT molecular complexity index is 418. The van der Waals surface area contributed by atoms with Crippen LogP contribution in [-0.4, -0.2) is 32.1 Å². The predicted molar refractivity (Wildman–Crippen MR) is 70.8 cm³/mol. The SMILES string of the molecule is COCCN(c1c(F)cccc1C(C)=O)C(C)C. The lowest BCUT2D eigenvalue weighted by molar-refractivity contribution is 0.101. The molecule has 0 saturated carbocycles. The summed E-state index contributed by atoms with van der Waals surface area (Å²) >= 11 is 0. The van der Waals surface area contributed by atoms with Crippen molar-refractivity contribution in [1.82, 2.24) is 0 Å². The zero-order chi connectivity index (χ0) is 13.7. The second kappa shape index (κ2) is 6.50. The lowest BCUT2D eigenvalue weighted by Crippen LogP contribution is -2.35. The van der Waals surface area contributed by atoms with E-state index in [2.05, 4.69) is 0 Å². The first kappa shape index (κ1) is 14.6. The van der Waals surface area contributed by atoms with E-state index in [0.29, 0.717) is 24.4 Å². The van der Waals surface area contributed by atoms with E-state index in [1.807, 2.05) is 18.7 Å². The van der Waals surface area contributed by atoms with Crippen LogP contribution in [0.25, 0.3) is 0 Å². The maximum absolute atomic E-state index is 14.0. The number of nitrogens with zero attached hydrogens (tertiary/aromatic N) is 1. The molecule has 0 aromatic heterocycles. The fourth-order valence-corrected chi connectivity index (χ4v) is 1.91. The summed E-state index contributed by atoms with van der Waals surface area (Å²) in [6.07, 6.45) is 0. The van der Waals surface area contributed by atoms with Crippen molar-refractivity contribution in [1.29, 1.82) is 0 Å². The van der Waals surface area contributed by atoms with Crippen LogP contribution in [0.2, 0.25) is 0 Å². The number of hydrogen-bond donors (Lipinski definition) is 0. The van der Waals surface area contributed by atoms with Crippen LogP contribution in [0.15, 0.2) is 18.2 Å². The third kappa shape index (κ3) is 3.29. The number of benzene rings is 1. The van der Waals surface area contributed by atoms with Crippen LogP contribution >= 0.6 is 0 Å². The van der Waals surface area contributed by atoms with Gasteiger partial charge in [0.15, 0.2) is 5.78 Å². The average molecular weight is 253 g/mol. The molecule has 0 fully saturated rings. The van der Waals surface area contributed by atoms with Gasteiger partial charge in [0.2, 0.25) is 0 Å². The highest BCUT2D eigenvalue weighted by Crippen LogP contribution is 2.26. The Balaban J connectivity index is 3.21. The fraction of sp³-hybridized carbons (Fsp3) is 0.500. The molecule has 18 heavy (non-hydrogen) atoms. The molecule has 0 amide bonds. The number of anilines is 1. The number of Topliss-reactive ketones (excluding diaryl/α,β-unsaturated/α-hetero) is 1. The Kier molecular flexibility index (Phi) is 5.28. The molecule has 3 nitrogen and oxygen atoms in total. The fourth-order valence-electron chi connectivity index (χ4n) is 1.91. The average Bonchev–Trinajstić information content (AvgIpc) is 2.30. The zero-order valence-electron chi connectivity index (χ0n) is 11.4. The molecule has 0 heterocycles. The molecule has 0 aliphatic carbocycles. The van der Waals surface area contributed by atoms with Gasteiger partial charge in [0, 0.05) is 25.3 Å². The van der Waals surface area contributed by atoms with Crippen molar-refractivity contribution in [2.75, 3.05) is 25.2 Å². The first-order chi connectivity index (χ1) is 8.49. The molecule has 0 radical (unpaired) electrons. The Hall–Kier alpha value is -1.42. The van der Waals surface area contributed by atoms with Gasteiger partial charge in [-0.2, -0.15) is 0 Å². The van der Waals surface area contributed by atoms with E-state index >= 15 is 0 Å².